The average molecular weight is 870 g/mol. The van der Waals surface area contributed by atoms with Crippen molar-refractivity contribution in [1.29, 1.82) is 0 Å². The van der Waals surface area contributed by atoms with Crippen molar-refractivity contribution in [1.82, 2.24) is 0 Å². The minimum atomic E-state index is -0.508. The molecule has 0 atom stereocenters. The van der Waals surface area contributed by atoms with Crippen LogP contribution in [0.2, 0.25) is 0 Å². The van der Waals surface area contributed by atoms with Crippen molar-refractivity contribution in [2.45, 2.75) is 5.41 Å². The first-order valence-electron chi connectivity index (χ1n) is 23.1. The van der Waals surface area contributed by atoms with Crippen LogP contribution in [-0.4, -0.2) is 0 Å². The summed E-state index contributed by atoms with van der Waals surface area (Å²) in [6, 6.07) is 96.2. The highest BCUT2D eigenvalue weighted by Gasteiger charge is 2.47. The Balaban J connectivity index is 0.935. The first kappa shape index (κ1) is 39.1. The minimum absolute atomic E-state index is 0.508. The molecule has 13 rings (SSSR count). The van der Waals surface area contributed by atoms with E-state index in [1.807, 2.05) is 11.3 Å². The topological polar surface area (TPSA) is 3.24 Å². The predicted molar refractivity (Wildman–Crippen MR) is 285 cm³/mol. The lowest BCUT2D eigenvalue weighted by Crippen LogP contribution is -2.28. The molecule has 0 aliphatic heterocycles. The van der Waals surface area contributed by atoms with Crippen LogP contribution >= 0.6 is 11.3 Å². The Bertz CT molecular complexity index is 3730. The van der Waals surface area contributed by atoms with E-state index in [0.717, 1.165) is 11.4 Å². The predicted octanol–water partition coefficient (Wildman–Crippen LogP) is 18.0. The molecule has 0 spiro atoms. The largest absolute Gasteiger partial charge is 0.309 e. The molecule has 67 heavy (non-hydrogen) atoms. The highest BCUT2D eigenvalue weighted by Crippen LogP contribution is 2.60. The molecule has 0 radical (unpaired) electrons. The summed E-state index contributed by atoms with van der Waals surface area (Å²) >= 11 is 1.86. The highest BCUT2D eigenvalue weighted by molar-refractivity contribution is 7.26. The fourth-order valence-corrected chi connectivity index (χ4v) is 12.1. The van der Waals surface area contributed by atoms with Crippen molar-refractivity contribution in [3.63, 3.8) is 0 Å². The van der Waals surface area contributed by atoms with Gasteiger partial charge >= 0.3 is 0 Å². The lowest BCUT2D eigenvalue weighted by molar-refractivity contribution is 0.768. The number of hydrogen-bond donors (Lipinski definition) is 0. The van der Waals surface area contributed by atoms with Gasteiger partial charge in [0.2, 0.25) is 0 Å². The van der Waals surface area contributed by atoms with Crippen LogP contribution in [0.3, 0.4) is 0 Å². The average Bonchev–Trinajstić information content (AvgIpc) is 3.94. The first-order valence-corrected chi connectivity index (χ1v) is 23.9. The summed E-state index contributed by atoms with van der Waals surface area (Å²) in [4.78, 5) is 2.53. The van der Waals surface area contributed by atoms with E-state index in [9.17, 15) is 0 Å². The van der Waals surface area contributed by atoms with Gasteiger partial charge in [-0.2, -0.15) is 0 Å². The van der Waals surface area contributed by atoms with Gasteiger partial charge in [0.25, 0.3) is 0 Å². The molecule has 1 nitrogen and oxygen atoms in total. The lowest BCUT2D eigenvalue weighted by Gasteiger charge is -2.34. The zero-order chi connectivity index (χ0) is 44.3. The van der Waals surface area contributed by atoms with Gasteiger partial charge in [0.05, 0.1) is 16.8 Å². The number of fused-ring (bicyclic) bond motifs is 7. The van der Waals surface area contributed by atoms with Gasteiger partial charge in [-0.15, -0.1) is 11.3 Å². The van der Waals surface area contributed by atoms with Crippen molar-refractivity contribution >= 4 is 59.3 Å². The van der Waals surface area contributed by atoms with E-state index >= 15 is 0 Å². The summed E-state index contributed by atoms with van der Waals surface area (Å²) < 4.78 is 2.57. The Hall–Kier alpha value is -8.30. The molecular formula is C65H43NS. The molecule has 2 heteroatoms. The third-order valence-corrected chi connectivity index (χ3v) is 15.1. The van der Waals surface area contributed by atoms with Crippen LogP contribution in [0, 0.1) is 0 Å². The summed E-state index contributed by atoms with van der Waals surface area (Å²) in [5.74, 6) is 0. The lowest BCUT2D eigenvalue weighted by atomic mass is 9.68. The molecule has 12 aromatic rings. The van der Waals surface area contributed by atoms with Crippen LogP contribution in [0.1, 0.15) is 22.3 Å². The molecule has 0 unspecified atom stereocenters. The van der Waals surface area contributed by atoms with Crippen LogP contribution < -0.4 is 4.90 Å². The Labute approximate surface area is 395 Å². The fraction of sp³-hybridized carbons (Fsp3) is 0.0154. The van der Waals surface area contributed by atoms with Gasteiger partial charge in [0, 0.05) is 31.4 Å². The highest BCUT2D eigenvalue weighted by atomic mass is 32.1. The molecule has 0 saturated heterocycles. The van der Waals surface area contributed by atoms with Crippen LogP contribution in [0.5, 0.6) is 0 Å². The summed E-state index contributed by atoms with van der Waals surface area (Å²) in [5.41, 5.74) is 17.8. The maximum absolute atomic E-state index is 2.53. The van der Waals surface area contributed by atoms with E-state index < -0.39 is 5.41 Å². The van der Waals surface area contributed by atoms with E-state index in [1.54, 1.807) is 0 Å². The van der Waals surface area contributed by atoms with Gasteiger partial charge in [-0.25, -0.2) is 0 Å². The fourth-order valence-electron chi connectivity index (χ4n) is 11.0. The first-order chi connectivity index (χ1) is 33.2. The summed E-state index contributed by atoms with van der Waals surface area (Å²) in [7, 11) is 0. The quantitative estimate of drug-likeness (QED) is 0.147. The van der Waals surface area contributed by atoms with Crippen molar-refractivity contribution in [3.8, 4) is 44.5 Å². The summed E-state index contributed by atoms with van der Waals surface area (Å²) in [5, 5.41) is 5.09. The SMILES string of the molecule is c1ccc(C2(c3ccccc3)c3ccccc3-c3c(N(c4ccc(-c5ccc(-c6ccc(-c7cccc8ccccc78)cc6)cc5)cc4)c4cccc5sc6ccccc6c45)cccc32)cc1. The van der Waals surface area contributed by atoms with E-state index in [4.69, 9.17) is 0 Å². The zero-order valence-corrected chi connectivity index (χ0v) is 37.5. The van der Waals surface area contributed by atoms with Gasteiger partial charge < -0.3 is 4.90 Å². The normalized spacial score (nSPS) is 12.6. The number of benzene rings is 11. The molecule has 1 aliphatic carbocycles. The van der Waals surface area contributed by atoms with Crippen molar-refractivity contribution in [2.75, 3.05) is 4.90 Å². The molecular weight excluding hydrogens is 827 g/mol. The summed E-state index contributed by atoms with van der Waals surface area (Å²) in [6.07, 6.45) is 0. The molecule has 0 saturated carbocycles. The smallest absolute Gasteiger partial charge is 0.0714 e. The monoisotopic (exact) mass is 869 g/mol. The van der Waals surface area contributed by atoms with Crippen LogP contribution in [0.25, 0.3) is 75.5 Å². The molecule has 314 valence electrons. The van der Waals surface area contributed by atoms with Gasteiger partial charge in [0.15, 0.2) is 0 Å². The van der Waals surface area contributed by atoms with Gasteiger partial charge in [0.1, 0.15) is 0 Å². The Morgan fingerprint density at radius 2 is 0.791 bits per heavy atom. The number of nitrogens with zero attached hydrogens (tertiary/aromatic N) is 1. The number of thiophene rings is 1. The molecule has 1 aromatic heterocycles. The molecule has 0 amide bonds. The maximum Gasteiger partial charge on any atom is 0.0714 e. The van der Waals surface area contributed by atoms with E-state index in [1.165, 1.54) is 103 Å². The summed E-state index contributed by atoms with van der Waals surface area (Å²) in [6.45, 7) is 0. The molecule has 0 bridgehead atoms. The van der Waals surface area contributed by atoms with Gasteiger partial charge in [-0.3, -0.25) is 0 Å². The third kappa shape index (κ3) is 6.29. The second-order valence-corrected chi connectivity index (χ2v) is 18.6. The Morgan fingerprint density at radius 3 is 1.49 bits per heavy atom. The van der Waals surface area contributed by atoms with Crippen molar-refractivity contribution < 1.29 is 0 Å². The number of anilines is 3. The van der Waals surface area contributed by atoms with E-state index in [2.05, 4.69) is 266 Å². The Kier molecular flexibility index (Phi) is 9.33. The van der Waals surface area contributed by atoms with Crippen LogP contribution in [-0.2, 0) is 5.41 Å². The van der Waals surface area contributed by atoms with Gasteiger partial charge in [-0.05, 0) is 108 Å². The molecule has 11 aromatic carbocycles. The number of hydrogen-bond acceptors (Lipinski definition) is 2. The molecule has 0 fully saturated rings. The second kappa shape index (κ2) is 16.0. The second-order valence-electron chi connectivity index (χ2n) is 17.5. The maximum atomic E-state index is 2.53. The van der Waals surface area contributed by atoms with Crippen LogP contribution in [0.4, 0.5) is 17.1 Å². The molecule has 0 N–H and O–H groups in total. The molecule has 1 heterocycles. The molecule has 1 aliphatic rings. The zero-order valence-electron chi connectivity index (χ0n) is 36.7. The van der Waals surface area contributed by atoms with E-state index in [0.29, 0.717) is 0 Å². The standard InChI is InChI=1S/C65H43NS/c1-3-18-50(19-4-1)65(51-20-5-2-6-21-51)57-26-11-9-23-55(57)63-58(65)27-14-28-59(63)66(60-29-15-31-62-64(60)56-24-10-12-30-61(56)67-62)52-42-40-47(41-43-52)45-34-32-44(33-35-45)46-36-38-49(39-37-46)54-25-13-17-48-16-7-8-22-53(48)54/h1-43H. The van der Waals surface area contributed by atoms with E-state index in [-0.39, 0.29) is 0 Å². The van der Waals surface area contributed by atoms with Gasteiger partial charge in [-0.1, -0.05) is 224 Å². The third-order valence-electron chi connectivity index (χ3n) is 14.0. The van der Waals surface area contributed by atoms with Crippen molar-refractivity contribution in [3.05, 3.63) is 283 Å². The minimum Gasteiger partial charge on any atom is -0.309 e. The van der Waals surface area contributed by atoms with Crippen molar-refractivity contribution in [2.24, 2.45) is 0 Å². The Morgan fingerprint density at radius 1 is 0.313 bits per heavy atom. The number of rotatable bonds is 8. The van der Waals surface area contributed by atoms with Crippen LogP contribution in [0.15, 0.2) is 261 Å².